The van der Waals surface area contributed by atoms with Gasteiger partial charge in [0.05, 0.1) is 4.90 Å². The molecule has 1 fully saturated rings. The van der Waals surface area contributed by atoms with Crippen LogP contribution < -0.4 is 4.74 Å². The summed E-state index contributed by atoms with van der Waals surface area (Å²) in [4.78, 5) is 2.67. The molecule has 0 amide bonds. The zero-order chi connectivity index (χ0) is 18.0. The van der Waals surface area contributed by atoms with Crippen LogP contribution in [0.4, 0.5) is 0 Å². The van der Waals surface area contributed by atoms with Crippen LogP contribution in [0.1, 0.15) is 30.9 Å². The average molecular weight is 359 g/mol. The van der Waals surface area contributed by atoms with Crippen LogP contribution in [0.5, 0.6) is 5.75 Å². The molecule has 0 atom stereocenters. The van der Waals surface area contributed by atoms with E-state index in [-0.39, 0.29) is 6.10 Å². The molecule has 1 heterocycles. The number of sulfone groups is 1. The van der Waals surface area contributed by atoms with Crippen molar-refractivity contribution in [3.05, 3.63) is 59.7 Å². The first-order chi connectivity index (χ1) is 11.8. The minimum atomic E-state index is -3.16. The minimum absolute atomic E-state index is 0.166. The smallest absolute Gasteiger partial charge is 0.175 e. The van der Waals surface area contributed by atoms with E-state index in [4.69, 9.17) is 4.74 Å². The quantitative estimate of drug-likeness (QED) is 0.792. The van der Waals surface area contributed by atoms with Gasteiger partial charge in [-0.15, -0.1) is 0 Å². The average Bonchev–Trinajstić information content (AvgIpc) is 2.53. The molecule has 1 saturated heterocycles. The lowest BCUT2D eigenvalue weighted by atomic mass is 10.0. The summed E-state index contributed by atoms with van der Waals surface area (Å²) in [5.74, 6) is 1.28. The van der Waals surface area contributed by atoms with Gasteiger partial charge in [0.1, 0.15) is 11.9 Å². The first-order valence-electron chi connectivity index (χ1n) is 8.59. The fourth-order valence-electron chi connectivity index (χ4n) is 2.95. The molecule has 2 aromatic carbocycles. The molecule has 0 aliphatic carbocycles. The first-order valence-corrected chi connectivity index (χ1v) is 10.5. The standard InChI is InChI=1S/C20H25NO3S/c1-15(2)17-6-4-16(5-7-17)12-21-13-19(14-21)24-18-8-10-20(11-9-18)25(3,22)23/h4-11,15,19H,12-14H2,1-3H3. The zero-order valence-electron chi connectivity index (χ0n) is 15.0. The Morgan fingerprint density at radius 3 is 2.16 bits per heavy atom. The highest BCUT2D eigenvalue weighted by Crippen LogP contribution is 2.22. The number of benzene rings is 2. The van der Waals surface area contributed by atoms with E-state index in [1.54, 1.807) is 24.3 Å². The maximum absolute atomic E-state index is 11.5. The lowest BCUT2D eigenvalue weighted by Gasteiger charge is -2.39. The van der Waals surface area contributed by atoms with Gasteiger partial charge in [-0.2, -0.15) is 0 Å². The second kappa shape index (κ2) is 7.18. The Balaban J connectivity index is 1.48. The van der Waals surface area contributed by atoms with E-state index in [0.717, 1.165) is 25.4 Å². The van der Waals surface area contributed by atoms with Crippen molar-refractivity contribution in [2.24, 2.45) is 0 Å². The van der Waals surface area contributed by atoms with E-state index in [1.807, 2.05) is 0 Å². The second-order valence-electron chi connectivity index (χ2n) is 7.07. The van der Waals surface area contributed by atoms with Crippen molar-refractivity contribution < 1.29 is 13.2 Å². The van der Waals surface area contributed by atoms with Gasteiger partial charge in [0.25, 0.3) is 0 Å². The highest BCUT2D eigenvalue weighted by atomic mass is 32.2. The molecule has 4 nitrogen and oxygen atoms in total. The van der Waals surface area contributed by atoms with Crippen molar-refractivity contribution in [2.75, 3.05) is 19.3 Å². The van der Waals surface area contributed by atoms with E-state index in [9.17, 15) is 8.42 Å². The highest BCUT2D eigenvalue weighted by molar-refractivity contribution is 7.90. The van der Waals surface area contributed by atoms with Gasteiger partial charge in [-0.1, -0.05) is 38.1 Å². The number of likely N-dealkylation sites (tertiary alicyclic amines) is 1. The fourth-order valence-corrected chi connectivity index (χ4v) is 3.58. The van der Waals surface area contributed by atoms with Gasteiger partial charge in [-0.05, 0) is 41.3 Å². The topological polar surface area (TPSA) is 46.6 Å². The summed E-state index contributed by atoms with van der Waals surface area (Å²) in [7, 11) is -3.16. The van der Waals surface area contributed by atoms with Gasteiger partial charge in [0.2, 0.25) is 0 Å². The minimum Gasteiger partial charge on any atom is -0.488 e. The highest BCUT2D eigenvalue weighted by Gasteiger charge is 2.28. The Morgan fingerprint density at radius 1 is 1.04 bits per heavy atom. The zero-order valence-corrected chi connectivity index (χ0v) is 15.8. The second-order valence-corrected chi connectivity index (χ2v) is 9.09. The van der Waals surface area contributed by atoms with E-state index in [0.29, 0.717) is 10.8 Å². The van der Waals surface area contributed by atoms with Crippen LogP contribution in [0, 0.1) is 0 Å². The molecule has 0 N–H and O–H groups in total. The monoisotopic (exact) mass is 359 g/mol. The summed E-state index contributed by atoms with van der Waals surface area (Å²) < 4.78 is 28.8. The van der Waals surface area contributed by atoms with Crippen molar-refractivity contribution in [2.45, 2.75) is 37.3 Å². The number of hydrogen-bond donors (Lipinski definition) is 0. The third kappa shape index (κ3) is 4.61. The number of ether oxygens (including phenoxy) is 1. The molecular formula is C20H25NO3S. The molecule has 0 radical (unpaired) electrons. The van der Waals surface area contributed by atoms with Gasteiger partial charge in [0.15, 0.2) is 9.84 Å². The van der Waals surface area contributed by atoms with E-state index in [2.05, 4.69) is 43.0 Å². The predicted octanol–water partition coefficient (Wildman–Crippen LogP) is 3.48. The third-order valence-electron chi connectivity index (χ3n) is 4.53. The molecule has 0 spiro atoms. The molecule has 134 valence electrons. The van der Waals surface area contributed by atoms with Gasteiger partial charge < -0.3 is 4.74 Å². The molecule has 3 rings (SSSR count). The molecule has 25 heavy (non-hydrogen) atoms. The van der Waals surface area contributed by atoms with Crippen molar-refractivity contribution in [1.82, 2.24) is 4.90 Å². The fraction of sp³-hybridized carbons (Fsp3) is 0.400. The van der Waals surface area contributed by atoms with Crippen LogP contribution in [0.15, 0.2) is 53.4 Å². The SMILES string of the molecule is CC(C)c1ccc(CN2CC(Oc3ccc(S(C)(=O)=O)cc3)C2)cc1. The molecule has 0 saturated carbocycles. The summed E-state index contributed by atoms with van der Waals surface area (Å²) in [6.07, 6.45) is 1.37. The van der Waals surface area contributed by atoms with Crippen LogP contribution in [-0.2, 0) is 16.4 Å². The van der Waals surface area contributed by atoms with Crippen molar-refractivity contribution in [3.63, 3.8) is 0 Å². The lowest BCUT2D eigenvalue weighted by Crippen LogP contribution is -2.53. The molecule has 1 aliphatic heterocycles. The van der Waals surface area contributed by atoms with Crippen LogP contribution >= 0.6 is 0 Å². The van der Waals surface area contributed by atoms with Crippen LogP contribution in [0.2, 0.25) is 0 Å². The molecule has 0 aromatic heterocycles. The number of rotatable bonds is 6. The Labute approximate surface area is 150 Å². The summed E-state index contributed by atoms with van der Waals surface area (Å²) in [6.45, 7) is 7.12. The predicted molar refractivity (Wildman–Crippen MR) is 99.8 cm³/mol. The molecule has 5 heteroatoms. The Morgan fingerprint density at radius 2 is 1.64 bits per heavy atom. The van der Waals surface area contributed by atoms with Gasteiger partial charge >= 0.3 is 0 Å². The summed E-state index contributed by atoms with van der Waals surface area (Å²) in [6, 6.07) is 15.5. The molecular weight excluding hydrogens is 334 g/mol. The summed E-state index contributed by atoms with van der Waals surface area (Å²) in [5, 5.41) is 0. The van der Waals surface area contributed by atoms with Gasteiger partial charge in [-0.3, -0.25) is 4.90 Å². The number of hydrogen-bond acceptors (Lipinski definition) is 4. The molecule has 1 aliphatic rings. The maximum Gasteiger partial charge on any atom is 0.175 e. The summed E-state index contributed by atoms with van der Waals surface area (Å²) in [5.41, 5.74) is 2.69. The van der Waals surface area contributed by atoms with E-state index >= 15 is 0 Å². The van der Waals surface area contributed by atoms with Crippen molar-refractivity contribution >= 4 is 9.84 Å². The van der Waals surface area contributed by atoms with Gasteiger partial charge in [-0.25, -0.2) is 8.42 Å². The van der Waals surface area contributed by atoms with Crippen LogP contribution in [0.25, 0.3) is 0 Å². The summed E-state index contributed by atoms with van der Waals surface area (Å²) >= 11 is 0. The Bertz CT molecular complexity index is 805. The molecule has 0 bridgehead atoms. The third-order valence-corrected chi connectivity index (χ3v) is 5.66. The lowest BCUT2D eigenvalue weighted by molar-refractivity contribution is 0.0145. The molecule has 0 unspecified atom stereocenters. The van der Waals surface area contributed by atoms with Crippen LogP contribution in [-0.4, -0.2) is 38.8 Å². The van der Waals surface area contributed by atoms with E-state index in [1.165, 1.54) is 17.4 Å². The normalized spacial score (nSPS) is 16.0. The molecule has 2 aromatic rings. The first kappa shape index (κ1) is 18.0. The largest absolute Gasteiger partial charge is 0.488 e. The Kier molecular flexibility index (Phi) is 5.16. The van der Waals surface area contributed by atoms with Gasteiger partial charge in [0, 0.05) is 25.9 Å². The maximum atomic E-state index is 11.5. The van der Waals surface area contributed by atoms with Crippen LogP contribution in [0.3, 0.4) is 0 Å². The van der Waals surface area contributed by atoms with E-state index < -0.39 is 9.84 Å². The number of nitrogens with zero attached hydrogens (tertiary/aromatic N) is 1. The van der Waals surface area contributed by atoms with Crippen molar-refractivity contribution in [1.29, 1.82) is 0 Å². The Hall–Kier alpha value is -1.85. The van der Waals surface area contributed by atoms with Crippen molar-refractivity contribution in [3.8, 4) is 5.75 Å².